The van der Waals surface area contributed by atoms with Gasteiger partial charge in [0.1, 0.15) is 4.90 Å². The van der Waals surface area contributed by atoms with Gasteiger partial charge in [-0.2, -0.15) is 9.40 Å². The fourth-order valence-electron chi connectivity index (χ4n) is 1.99. The summed E-state index contributed by atoms with van der Waals surface area (Å²) < 4.78 is 25.9. The molecule has 2 rings (SSSR count). The first kappa shape index (κ1) is 14.9. The maximum atomic E-state index is 12.3. The van der Waals surface area contributed by atoms with Crippen LogP contribution in [0.25, 0.3) is 0 Å². The lowest BCUT2D eigenvalue weighted by atomic mass is 10.3. The van der Waals surface area contributed by atoms with Gasteiger partial charge in [-0.25, -0.2) is 8.42 Å². The van der Waals surface area contributed by atoms with Crippen LogP contribution in [-0.2, 0) is 14.8 Å². The second kappa shape index (κ2) is 5.90. The first-order valence-electron chi connectivity index (χ1n) is 6.32. The summed E-state index contributed by atoms with van der Waals surface area (Å²) in [5.74, 6) is 0.0242. The molecule has 9 heteroatoms. The molecule has 0 atom stereocenters. The molecule has 1 aliphatic heterocycles. The highest BCUT2D eigenvalue weighted by Crippen LogP contribution is 2.15. The normalized spacial score (nSPS) is 18.1. The van der Waals surface area contributed by atoms with Gasteiger partial charge in [-0.1, -0.05) is 0 Å². The Bertz CT molecular complexity index is 547. The Kier molecular flexibility index (Phi) is 4.41. The van der Waals surface area contributed by atoms with Crippen molar-refractivity contribution in [3.05, 3.63) is 12.4 Å². The van der Waals surface area contributed by atoms with Gasteiger partial charge in [0.15, 0.2) is 0 Å². The van der Waals surface area contributed by atoms with E-state index in [2.05, 4.69) is 10.2 Å². The third kappa shape index (κ3) is 3.17. The second-order valence-electron chi connectivity index (χ2n) is 4.90. The number of likely N-dealkylation sites (N-methyl/N-ethyl adjacent to an activating group) is 1. The van der Waals surface area contributed by atoms with E-state index < -0.39 is 10.0 Å². The van der Waals surface area contributed by atoms with Gasteiger partial charge in [0.2, 0.25) is 15.9 Å². The largest absolute Gasteiger partial charge is 0.348 e. The average Bonchev–Trinajstić information content (AvgIpc) is 2.93. The molecular formula is C11H19N5O3S. The minimum atomic E-state index is -3.47. The molecule has 1 aliphatic rings. The highest BCUT2D eigenvalue weighted by molar-refractivity contribution is 7.89. The Labute approximate surface area is 118 Å². The summed E-state index contributed by atoms with van der Waals surface area (Å²) in [6.45, 7) is 2.20. The molecule has 1 fully saturated rings. The Balaban J connectivity index is 1.93. The summed E-state index contributed by atoms with van der Waals surface area (Å²) in [7, 11) is -0.0488. The summed E-state index contributed by atoms with van der Waals surface area (Å²) in [6, 6.07) is 0. The summed E-state index contributed by atoms with van der Waals surface area (Å²) >= 11 is 0. The minimum absolute atomic E-state index is 0.0242. The molecule has 0 aromatic carbocycles. The Morgan fingerprint density at radius 1 is 1.35 bits per heavy atom. The monoisotopic (exact) mass is 301 g/mol. The molecule has 1 N–H and O–H groups in total. The number of amides is 1. The lowest BCUT2D eigenvalue weighted by Gasteiger charge is -2.33. The van der Waals surface area contributed by atoms with E-state index in [0.29, 0.717) is 32.7 Å². The van der Waals surface area contributed by atoms with Crippen molar-refractivity contribution in [3.63, 3.8) is 0 Å². The molecule has 0 saturated carbocycles. The predicted molar refractivity (Wildman–Crippen MR) is 72.5 cm³/mol. The van der Waals surface area contributed by atoms with E-state index in [4.69, 9.17) is 0 Å². The molecule has 0 unspecified atom stereocenters. The Morgan fingerprint density at radius 3 is 2.50 bits per heavy atom. The molecule has 112 valence electrons. The summed E-state index contributed by atoms with van der Waals surface area (Å²) in [5, 5.41) is 6.17. The molecule has 0 spiro atoms. The second-order valence-corrected chi connectivity index (χ2v) is 6.84. The van der Waals surface area contributed by atoms with Crippen LogP contribution in [0.1, 0.15) is 0 Å². The molecule has 20 heavy (non-hydrogen) atoms. The maximum Gasteiger partial charge on any atom is 0.246 e. The predicted octanol–water partition coefficient (Wildman–Crippen LogP) is -1.20. The molecule has 1 aromatic heterocycles. The number of piperazine rings is 1. The molecular weight excluding hydrogens is 282 g/mol. The van der Waals surface area contributed by atoms with Gasteiger partial charge in [0.25, 0.3) is 0 Å². The van der Waals surface area contributed by atoms with Crippen LogP contribution >= 0.6 is 0 Å². The van der Waals surface area contributed by atoms with Gasteiger partial charge in [-0.05, 0) is 0 Å². The lowest BCUT2D eigenvalue weighted by molar-refractivity contribution is -0.130. The fraction of sp³-hybridized carbons (Fsp3) is 0.636. The topological polar surface area (TPSA) is 89.6 Å². The van der Waals surface area contributed by atoms with Gasteiger partial charge in [0.05, 0.1) is 12.7 Å². The molecule has 8 nitrogen and oxygen atoms in total. The van der Waals surface area contributed by atoms with Crippen molar-refractivity contribution in [2.45, 2.75) is 4.90 Å². The smallest absolute Gasteiger partial charge is 0.246 e. The summed E-state index contributed by atoms with van der Waals surface area (Å²) in [5.41, 5.74) is 0. The van der Waals surface area contributed by atoms with E-state index in [0.717, 1.165) is 0 Å². The number of sulfonamides is 1. The van der Waals surface area contributed by atoms with Crippen molar-refractivity contribution in [1.29, 1.82) is 0 Å². The van der Waals surface area contributed by atoms with Crippen LogP contribution < -0.4 is 0 Å². The van der Waals surface area contributed by atoms with Crippen LogP contribution in [0, 0.1) is 0 Å². The molecule has 1 aromatic rings. The number of H-pyrrole nitrogens is 1. The Hall–Kier alpha value is -1.45. The molecule has 1 saturated heterocycles. The van der Waals surface area contributed by atoms with Gasteiger partial charge in [-0.3, -0.25) is 14.8 Å². The molecule has 0 bridgehead atoms. The zero-order chi connectivity index (χ0) is 14.8. The highest BCUT2D eigenvalue weighted by atomic mass is 32.2. The number of rotatable bonds is 4. The first-order valence-corrected chi connectivity index (χ1v) is 7.76. The highest BCUT2D eigenvalue weighted by Gasteiger charge is 2.29. The number of nitrogens with zero attached hydrogens (tertiary/aromatic N) is 4. The zero-order valence-electron chi connectivity index (χ0n) is 11.6. The maximum absolute atomic E-state index is 12.3. The summed E-state index contributed by atoms with van der Waals surface area (Å²) in [4.78, 5) is 15.3. The van der Waals surface area contributed by atoms with Crippen molar-refractivity contribution >= 4 is 15.9 Å². The van der Waals surface area contributed by atoms with E-state index in [1.807, 2.05) is 4.90 Å². The Morgan fingerprint density at radius 2 is 2.00 bits per heavy atom. The van der Waals surface area contributed by atoms with Gasteiger partial charge < -0.3 is 4.90 Å². The number of aromatic amines is 1. The van der Waals surface area contributed by atoms with E-state index in [1.54, 1.807) is 14.1 Å². The summed E-state index contributed by atoms with van der Waals surface area (Å²) in [6.07, 6.45) is 2.68. The van der Waals surface area contributed by atoms with Crippen LogP contribution in [0.3, 0.4) is 0 Å². The first-order chi connectivity index (χ1) is 9.41. The van der Waals surface area contributed by atoms with E-state index in [1.165, 1.54) is 21.6 Å². The van der Waals surface area contributed by atoms with Crippen molar-refractivity contribution in [2.75, 3.05) is 46.8 Å². The van der Waals surface area contributed by atoms with Crippen molar-refractivity contribution in [2.24, 2.45) is 0 Å². The van der Waals surface area contributed by atoms with Crippen LogP contribution in [0.4, 0.5) is 0 Å². The SMILES string of the molecule is CN(C)C(=O)CN1CCN(S(=O)(=O)c2cn[nH]c2)CC1. The number of hydrogen-bond donors (Lipinski definition) is 1. The van der Waals surface area contributed by atoms with Crippen LogP contribution in [-0.4, -0.2) is 85.4 Å². The van der Waals surface area contributed by atoms with Crippen LogP contribution in [0.2, 0.25) is 0 Å². The van der Waals surface area contributed by atoms with Gasteiger partial charge >= 0.3 is 0 Å². The quantitative estimate of drug-likeness (QED) is 0.755. The molecule has 0 radical (unpaired) electrons. The van der Waals surface area contributed by atoms with E-state index in [-0.39, 0.29) is 10.8 Å². The minimum Gasteiger partial charge on any atom is -0.348 e. The zero-order valence-corrected chi connectivity index (χ0v) is 12.4. The van der Waals surface area contributed by atoms with Crippen molar-refractivity contribution in [3.8, 4) is 0 Å². The van der Waals surface area contributed by atoms with E-state index in [9.17, 15) is 13.2 Å². The van der Waals surface area contributed by atoms with Gasteiger partial charge in [-0.15, -0.1) is 0 Å². The van der Waals surface area contributed by atoms with Gasteiger partial charge in [0, 0.05) is 46.5 Å². The van der Waals surface area contributed by atoms with Crippen molar-refractivity contribution < 1.29 is 13.2 Å². The number of carbonyl (C=O) groups is 1. The molecule has 1 amide bonds. The standard InChI is InChI=1S/C11H19N5O3S/c1-14(2)11(17)9-15-3-5-16(6-4-15)20(18,19)10-7-12-13-8-10/h7-8H,3-6,9H2,1-2H3,(H,12,13). The third-order valence-corrected chi connectivity index (χ3v) is 5.16. The lowest BCUT2D eigenvalue weighted by Crippen LogP contribution is -2.50. The molecule has 2 heterocycles. The number of aromatic nitrogens is 2. The number of nitrogens with one attached hydrogen (secondary N) is 1. The van der Waals surface area contributed by atoms with E-state index >= 15 is 0 Å². The van der Waals surface area contributed by atoms with Crippen molar-refractivity contribution in [1.82, 2.24) is 24.3 Å². The fourth-order valence-corrected chi connectivity index (χ4v) is 3.32. The van der Waals surface area contributed by atoms with Crippen LogP contribution in [0.5, 0.6) is 0 Å². The third-order valence-electron chi connectivity index (χ3n) is 3.30. The van der Waals surface area contributed by atoms with Crippen LogP contribution in [0.15, 0.2) is 17.3 Å². The molecule has 0 aliphatic carbocycles. The number of hydrogen-bond acceptors (Lipinski definition) is 5. The number of carbonyl (C=O) groups excluding carboxylic acids is 1. The average molecular weight is 301 g/mol.